The van der Waals surface area contributed by atoms with Crippen molar-refractivity contribution in [1.29, 1.82) is 0 Å². The normalized spacial score (nSPS) is 24.2. The van der Waals surface area contributed by atoms with Crippen LogP contribution in [0.5, 0.6) is 0 Å². The van der Waals surface area contributed by atoms with Crippen molar-refractivity contribution >= 4 is 21.6 Å². The Labute approximate surface area is 110 Å². The van der Waals surface area contributed by atoms with Gasteiger partial charge in [-0.25, -0.2) is 9.37 Å². The first kappa shape index (κ1) is 12.8. The van der Waals surface area contributed by atoms with E-state index in [0.717, 1.165) is 11.3 Å². The number of nitrogens with one attached hydrogen (secondary N) is 1. The summed E-state index contributed by atoms with van der Waals surface area (Å²) in [4.78, 5) is 4.07. The van der Waals surface area contributed by atoms with E-state index in [1.165, 1.54) is 18.2 Å². The molecule has 19 heavy (non-hydrogen) atoms. The molecule has 7 heteroatoms. The third-order valence-corrected chi connectivity index (χ3v) is 4.68. The predicted molar refractivity (Wildman–Crippen MR) is 64.8 cm³/mol. The van der Waals surface area contributed by atoms with Gasteiger partial charge < -0.3 is 5.32 Å². The molecule has 1 aliphatic heterocycles. The monoisotopic (exact) mass is 290 g/mol. The smallest absolute Gasteiger partial charge is 0.315 e. The summed E-state index contributed by atoms with van der Waals surface area (Å²) in [7, 11) is 0. The van der Waals surface area contributed by atoms with Crippen molar-refractivity contribution in [3.8, 4) is 0 Å². The quantitative estimate of drug-likeness (QED) is 0.816. The maximum absolute atomic E-state index is 13.4. The molecule has 0 radical (unpaired) electrons. The number of halogens is 4. The highest BCUT2D eigenvalue weighted by atomic mass is 32.1. The van der Waals surface area contributed by atoms with Gasteiger partial charge in [0.25, 0.3) is 0 Å². The van der Waals surface area contributed by atoms with Crippen molar-refractivity contribution in [2.24, 2.45) is 0 Å². The van der Waals surface area contributed by atoms with Gasteiger partial charge in [-0.3, -0.25) is 0 Å². The van der Waals surface area contributed by atoms with Crippen LogP contribution in [-0.2, 0) is 5.41 Å². The standard InChI is InChI=1S/C12H10F4N2S/c13-7-1-2-8-9(5-7)19-10(18-8)11(12(14,15)16)3-4-17-6-11/h1-2,5,17H,3-4,6H2. The molecule has 2 heterocycles. The van der Waals surface area contributed by atoms with Gasteiger partial charge >= 0.3 is 6.18 Å². The van der Waals surface area contributed by atoms with Gasteiger partial charge in [-0.05, 0) is 31.2 Å². The highest BCUT2D eigenvalue weighted by molar-refractivity contribution is 7.18. The minimum atomic E-state index is -4.36. The summed E-state index contributed by atoms with van der Waals surface area (Å²) in [6.07, 6.45) is -4.39. The van der Waals surface area contributed by atoms with Crippen LogP contribution in [-0.4, -0.2) is 24.2 Å². The number of aromatic nitrogens is 1. The summed E-state index contributed by atoms with van der Waals surface area (Å²) in [5.41, 5.74) is -1.52. The predicted octanol–water partition coefficient (Wildman–Crippen LogP) is 3.23. The van der Waals surface area contributed by atoms with Gasteiger partial charge in [0, 0.05) is 6.54 Å². The van der Waals surface area contributed by atoms with E-state index in [1.807, 2.05) is 0 Å². The van der Waals surface area contributed by atoms with E-state index >= 15 is 0 Å². The number of thiazole rings is 1. The van der Waals surface area contributed by atoms with E-state index < -0.39 is 17.4 Å². The van der Waals surface area contributed by atoms with Crippen molar-refractivity contribution in [3.05, 3.63) is 29.0 Å². The van der Waals surface area contributed by atoms with Crippen LogP contribution >= 0.6 is 11.3 Å². The summed E-state index contributed by atoms with van der Waals surface area (Å²) in [5, 5.41) is 2.77. The molecule has 1 unspecified atom stereocenters. The molecule has 0 spiro atoms. The second-order valence-electron chi connectivity index (χ2n) is 4.64. The molecule has 0 amide bonds. The minimum absolute atomic E-state index is 0.0191. The van der Waals surface area contributed by atoms with Crippen molar-refractivity contribution < 1.29 is 17.6 Å². The van der Waals surface area contributed by atoms with Gasteiger partial charge in [0.1, 0.15) is 16.2 Å². The second kappa shape index (κ2) is 4.14. The molecule has 1 N–H and O–H groups in total. The summed E-state index contributed by atoms with van der Waals surface area (Å²) < 4.78 is 53.6. The zero-order chi connectivity index (χ0) is 13.7. The average Bonchev–Trinajstić information content (AvgIpc) is 2.93. The van der Waals surface area contributed by atoms with E-state index in [2.05, 4.69) is 10.3 Å². The van der Waals surface area contributed by atoms with Crippen LogP contribution in [0.2, 0.25) is 0 Å². The van der Waals surface area contributed by atoms with E-state index in [1.54, 1.807) is 0 Å². The maximum atomic E-state index is 13.4. The SMILES string of the molecule is Fc1ccc2nc(C3(C(F)(F)F)CCNC3)sc2c1. The van der Waals surface area contributed by atoms with Crippen LogP contribution in [0.3, 0.4) is 0 Å². The molecule has 2 aromatic rings. The van der Waals surface area contributed by atoms with Crippen molar-refractivity contribution in [3.63, 3.8) is 0 Å². The Balaban J connectivity index is 2.16. The lowest BCUT2D eigenvalue weighted by Crippen LogP contribution is -2.44. The average molecular weight is 290 g/mol. The Kier molecular flexibility index (Phi) is 2.79. The Morgan fingerprint density at radius 2 is 2.11 bits per heavy atom. The number of nitrogens with zero attached hydrogens (tertiary/aromatic N) is 1. The number of hydrogen-bond acceptors (Lipinski definition) is 3. The number of alkyl halides is 3. The molecule has 1 atom stereocenters. The van der Waals surface area contributed by atoms with Crippen LogP contribution < -0.4 is 5.32 Å². The number of benzene rings is 1. The van der Waals surface area contributed by atoms with Crippen LogP contribution in [0.1, 0.15) is 11.4 Å². The second-order valence-corrected chi connectivity index (χ2v) is 5.67. The molecule has 1 saturated heterocycles. The van der Waals surface area contributed by atoms with Crippen LogP contribution in [0.25, 0.3) is 10.2 Å². The van der Waals surface area contributed by atoms with Gasteiger partial charge in [-0.1, -0.05) is 0 Å². The lowest BCUT2D eigenvalue weighted by molar-refractivity contribution is -0.184. The fraction of sp³-hybridized carbons (Fsp3) is 0.417. The maximum Gasteiger partial charge on any atom is 0.402 e. The molecule has 1 fully saturated rings. The molecular formula is C12H10F4N2S. The van der Waals surface area contributed by atoms with E-state index in [4.69, 9.17) is 0 Å². The molecule has 102 valence electrons. The summed E-state index contributed by atoms with van der Waals surface area (Å²) >= 11 is 0.923. The van der Waals surface area contributed by atoms with Crippen LogP contribution in [0, 0.1) is 5.82 Å². The van der Waals surface area contributed by atoms with Crippen molar-refractivity contribution in [2.45, 2.75) is 18.0 Å². The number of hydrogen-bond donors (Lipinski definition) is 1. The van der Waals surface area contributed by atoms with E-state index in [0.29, 0.717) is 16.8 Å². The lowest BCUT2D eigenvalue weighted by atomic mass is 9.87. The zero-order valence-electron chi connectivity index (χ0n) is 9.72. The highest BCUT2D eigenvalue weighted by Gasteiger charge is 2.59. The molecule has 1 aromatic carbocycles. The highest BCUT2D eigenvalue weighted by Crippen LogP contribution is 2.47. The Morgan fingerprint density at radius 3 is 2.74 bits per heavy atom. The number of fused-ring (bicyclic) bond motifs is 1. The molecule has 2 nitrogen and oxygen atoms in total. The Bertz CT molecular complexity index is 614. The summed E-state index contributed by atoms with van der Waals surface area (Å²) in [5.74, 6) is -0.465. The van der Waals surface area contributed by atoms with Gasteiger partial charge in [0.05, 0.1) is 10.2 Å². The van der Waals surface area contributed by atoms with Crippen LogP contribution in [0.4, 0.5) is 17.6 Å². The molecule has 0 saturated carbocycles. The topological polar surface area (TPSA) is 24.9 Å². The minimum Gasteiger partial charge on any atom is -0.315 e. The van der Waals surface area contributed by atoms with E-state index in [-0.39, 0.29) is 18.0 Å². The van der Waals surface area contributed by atoms with Crippen molar-refractivity contribution in [1.82, 2.24) is 10.3 Å². The fourth-order valence-corrected chi connectivity index (χ4v) is 3.57. The summed E-state index contributed by atoms with van der Waals surface area (Å²) in [6, 6.07) is 3.85. The fourth-order valence-electron chi connectivity index (χ4n) is 2.34. The molecule has 1 aliphatic rings. The number of rotatable bonds is 1. The molecule has 3 rings (SSSR count). The molecule has 0 bridgehead atoms. The van der Waals surface area contributed by atoms with Crippen LogP contribution in [0.15, 0.2) is 18.2 Å². The third-order valence-electron chi connectivity index (χ3n) is 3.46. The van der Waals surface area contributed by atoms with Gasteiger partial charge in [-0.15, -0.1) is 11.3 Å². The van der Waals surface area contributed by atoms with E-state index in [9.17, 15) is 17.6 Å². The third kappa shape index (κ3) is 1.92. The van der Waals surface area contributed by atoms with Gasteiger partial charge in [0.15, 0.2) is 0 Å². The molecular weight excluding hydrogens is 280 g/mol. The largest absolute Gasteiger partial charge is 0.402 e. The van der Waals surface area contributed by atoms with Gasteiger partial charge in [-0.2, -0.15) is 13.2 Å². The van der Waals surface area contributed by atoms with Crippen molar-refractivity contribution in [2.75, 3.05) is 13.1 Å². The lowest BCUT2D eigenvalue weighted by Gasteiger charge is -2.28. The Morgan fingerprint density at radius 1 is 1.32 bits per heavy atom. The molecule has 1 aromatic heterocycles. The molecule has 0 aliphatic carbocycles. The zero-order valence-corrected chi connectivity index (χ0v) is 10.5. The summed E-state index contributed by atoms with van der Waals surface area (Å²) in [6.45, 7) is 0.141. The first-order valence-electron chi connectivity index (χ1n) is 5.76. The first-order chi connectivity index (χ1) is 8.92. The van der Waals surface area contributed by atoms with Gasteiger partial charge in [0.2, 0.25) is 0 Å². The Hall–Kier alpha value is -1.21. The first-order valence-corrected chi connectivity index (χ1v) is 6.58.